The van der Waals surface area contributed by atoms with Crippen LogP contribution in [0.2, 0.25) is 0 Å². The molecule has 0 aromatic heterocycles. The van der Waals surface area contributed by atoms with Gasteiger partial charge in [0.25, 0.3) is 0 Å². The van der Waals surface area contributed by atoms with Crippen molar-refractivity contribution in [3.63, 3.8) is 0 Å². The van der Waals surface area contributed by atoms with Crippen molar-refractivity contribution >= 4 is 63.1 Å². The van der Waals surface area contributed by atoms with Crippen LogP contribution in [0.25, 0.3) is 0 Å². The van der Waals surface area contributed by atoms with Crippen molar-refractivity contribution in [2.45, 2.75) is 37.4 Å². The van der Waals surface area contributed by atoms with E-state index in [0.717, 1.165) is 29.4 Å². The summed E-state index contributed by atoms with van der Waals surface area (Å²) in [5.41, 5.74) is 9.41. The molecule has 1 fully saturated rings. The minimum absolute atomic E-state index is 0.426. The summed E-state index contributed by atoms with van der Waals surface area (Å²) >= 11 is 9.87. The molecule has 8 heteroatoms. The van der Waals surface area contributed by atoms with E-state index in [2.05, 4.69) is 45.4 Å². The van der Waals surface area contributed by atoms with Gasteiger partial charge in [0.05, 0.1) is 19.9 Å². The summed E-state index contributed by atoms with van der Waals surface area (Å²) in [6, 6.07) is 12.0. The van der Waals surface area contributed by atoms with Gasteiger partial charge in [-0.2, -0.15) is 11.8 Å². The van der Waals surface area contributed by atoms with Crippen molar-refractivity contribution in [1.82, 2.24) is 5.32 Å². The average molecular weight is 586 g/mol. The fourth-order valence-electron chi connectivity index (χ4n) is 4.13. The smallest absolute Gasteiger partial charge is 0.170 e. The molecule has 32 heavy (non-hydrogen) atoms. The predicted molar refractivity (Wildman–Crippen MR) is 149 cm³/mol. The van der Waals surface area contributed by atoms with Gasteiger partial charge in [-0.05, 0) is 89.5 Å². The molecule has 3 rings (SSSR count). The zero-order chi connectivity index (χ0) is 22.9. The molecule has 1 unspecified atom stereocenters. The molecular weight excluding hydrogens is 553 g/mol. The molecule has 1 atom stereocenters. The second-order valence-corrected chi connectivity index (χ2v) is 10.8. The lowest BCUT2D eigenvalue weighted by Crippen LogP contribution is -2.30. The number of ether oxygens (including phenoxy) is 2. The lowest BCUT2D eigenvalue weighted by molar-refractivity contribution is 0.352. The first-order valence-corrected chi connectivity index (χ1v) is 13.5. The second-order valence-electron chi connectivity index (χ2n) is 7.91. The summed E-state index contributed by atoms with van der Waals surface area (Å²) in [6.07, 6.45) is 6.56. The van der Waals surface area contributed by atoms with Crippen molar-refractivity contribution in [2.75, 3.05) is 37.6 Å². The largest absolute Gasteiger partial charge is 0.497 e. The summed E-state index contributed by atoms with van der Waals surface area (Å²) in [5.74, 6) is 3.07. The normalized spacial score (nSPS) is 15.1. The molecule has 0 spiro atoms. The molecule has 0 heterocycles. The number of thioether (sulfide) groups is 1. The van der Waals surface area contributed by atoms with Crippen molar-refractivity contribution < 1.29 is 9.47 Å². The van der Waals surface area contributed by atoms with Crippen LogP contribution in [0.4, 0.5) is 11.4 Å². The molecule has 5 nitrogen and oxygen atoms in total. The molecule has 1 aliphatic carbocycles. The number of nitrogens with two attached hydrogens (primary N) is 1. The van der Waals surface area contributed by atoms with Crippen LogP contribution in [-0.2, 0) is 0 Å². The standard InChI is InChI=1S/C24H32IN3O2S2/c1-29-18-9-11-21(22(15-18)30-2)28-24(31)27-12-13-32-23(16-6-4-3-5-7-16)19-14-17(25)8-10-20(19)26/h8-11,14-16,23H,3-7,12-13,26H2,1-2H3,(H2,27,28,31). The van der Waals surface area contributed by atoms with E-state index in [4.69, 9.17) is 27.4 Å². The van der Waals surface area contributed by atoms with Gasteiger partial charge in [-0.3, -0.25) is 0 Å². The molecule has 2 aromatic rings. The predicted octanol–water partition coefficient (Wildman–Crippen LogP) is 6.23. The average Bonchev–Trinajstić information content (AvgIpc) is 2.81. The first kappa shape index (κ1) is 25.2. The Morgan fingerprint density at radius 2 is 1.94 bits per heavy atom. The highest BCUT2D eigenvalue weighted by atomic mass is 127. The van der Waals surface area contributed by atoms with Crippen LogP contribution in [0.15, 0.2) is 36.4 Å². The maximum Gasteiger partial charge on any atom is 0.170 e. The third kappa shape index (κ3) is 7.05. The quantitative estimate of drug-likeness (QED) is 0.140. The number of halogens is 1. The number of anilines is 2. The molecule has 174 valence electrons. The Kier molecular flexibility index (Phi) is 10.1. The number of rotatable bonds is 9. The van der Waals surface area contributed by atoms with Crippen molar-refractivity contribution in [1.29, 1.82) is 0 Å². The zero-order valence-corrected chi connectivity index (χ0v) is 22.4. The third-order valence-electron chi connectivity index (χ3n) is 5.78. The molecule has 2 aromatic carbocycles. The molecule has 1 aliphatic rings. The van der Waals surface area contributed by atoms with E-state index in [1.165, 1.54) is 41.2 Å². The Hall–Kier alpha value is -1.39. The highest BCUT2D eigenvalue weighted by molar-refractivity contribution is 14.1. The van der Waals surface area contributed by atoms with E-state index in [1.807, 2.05) is 36.0 Å². The molecule has 1 saturated carbocycles. The summed E-state index contributed by atoms with van der Waals surface area (Å²) in [4.78, 5) is 0. The molecule has 0 bridgehead atoms. The fraction of sp³-hybridized carbons (Fsp3) is 0.458. The number of nitrogens with one attached hydrogen (secondary N) is 2. The van der Waals surface area contributed by atoms with Gasteiger partial charge in [-0.25, -0.2) is 0 Å². The van der Waals surface area contributed by atoms with Gasteiger partial charge >= 0.3 is 0 Å². The maximum absolute atomic E-state index is 6.40. The minimum Gasteiger partial charge on any atom is -0.497 e. The van der Waals surface area contributed by atoms with Crippen LogP contribution in [0.3, 0.4) is 0 Å². The summed E-state index contributed by atoms with van der Waals surface area (Å²) < 4.78 is 11.9. The monoisotopic (exact) mass is 585 g/mol. The zero-order valence-electron chi connectivity index (χ0n) is 18.7. The summed E-state index contributed by atoms with van der Waals surface area (Å²) in [6.45, 7) is 0.780. The molecule has 0 radical (unpaired) electrons. The Labute approximate surface area is 214 Å². The molecule has 0 saturated heterocycles. The molecular formula is C24H32IN3O2S2. The van der Waals surface area contributed by atoms with E-state index in [-0.39, 0.29) is 0 Å². The highest BCUT2D eigenvalue weighted by Crippen LogP contribution is 2.45. The van der Waals surface area contributed by atoms with Gasteiger partial charge in [-0.15, -0.1) is 0 Å². The lowest BCUT2D eigenvalue weighted by Gasteiger charge is -2.31. The number of methoxy groups -OCH3 is 2. The van der Waals surface area contributed by atoms with Gasteiger partial charge < -0.3 is 25.8 Å². The lowest BCUT2D eigenvalue weighted by atomic mass is 9.84. The Balaban J connectivity index is 1.56. The number of hydrogen-bond acceptors (Lipinski definition) is 5. The topological polar surface area (TPSA) is 68.5 Å². The van der Waals surface area contributed by atoms with Gasteiger partial charge in [0.1, 0.15) is 11.5 Å². The molecule has 0 amide bonds. The third-order valence-corrected chi connectivity index (χ3v) is 8.13. The second kappa shape index (κ2) is 12.7. The molecule has 0 aliphatic heterocycles. The van der Waals surface area contributed by atoms with Crippen LogP contribution >= 0.6 is 46.6 Å². The van der Waals surface area contributed by atoms with Gasteiger partial charge in [-0.1, -0.05) is 19.3 Å². The SMILES string of the molecule is COc1ccc(NC(=S)NCCSC(c2cc(I)ccc2N)C2CCCCC2)c(OC)c1. The van der Waals surface area contributed by atoms with Crippen LogP contribution in [0, 0.1) is 9.49 Å². The maximum atomic E-state index is 6.40. The summed E-state index contributed by atoms with van der Waals surface area (Å²) in [7, 11) is 3.27. The Morgan fingerprint density at radius 1 is 1.16 bits per heavy atom. The van der Waals surface area contributed by atoms with Crippen LogP contribution in [0.5, 0.6) is 11.5 Å². The van der Waals surface area contributed by atoms with E-state index in [1.54, 1.807) is 14.2 Å². The van der Waals surface area contributed by atoms with E-state index < -0.39 is 0 Å². The number of hydrogen-bond donors (Lipinski definition) is 3. The van der Waals surface area contributed by atoms with Crippen LogP contribution in [0.1, 0.15) is 42.9 Å². The molecule has 4 N–H and O–H groups in total. The minimum atomic E-state index is 0.426. The van der Waals surface area contributed by atoms with Crippen LogP contribution in [-0.4, -0.2) is 31.6 Å². The van der Waals surface area contributed by atoms with Crippen LogP contribution < -0.4 is 25.8 Å². The van der Waals surface area contributed by atoms with Crippen molar-refractivity contribution in [3.8, 4) is 11.5 Å². The van der Waals surface area contributed by atoms with E-state index >= 15 is 0 Å². The number of thiocarbonyl (C=S) groups is 1. The number of benzene rings is 2. The van der Waals surface area contributed by atoms with Gasteiger partial charge in [0.2, 0.25) is 0 Å². The highest BCUT2D eigenvalue weighted by Gasteiger charge is 2.27. The Bertz CT molecular complexity index is 907. The van der Waals surface area contributed by atoms with E-state index in [0.29, 0.717) is 22.0 Å². The first-order valence-electron chi connectivity index (χ1n) is 10.9. The van der Waals surface area contributed by atoms with Crippen molar-refractivity contribution in [3.05, 3.63) is 45.5 Å². The summed E-state index contributed by atoms with van der Waals surface area (Å²) in [5, 5.41) is 7.56. The number of nitrogen functional groups attached to an aromatic ring is 1. The van der Waals surface area contributed by atoms with Crippen molar-refractivity contribution in [2.24, 2.45) is 5.92 Å². The Morgan fingerprint density at radius 3 is 2.66 bits per heavy atom. The fourth-order valence-corrected chi connectivity index (χ4v) is 6.26. The van der Waals surface area contributed by atoms with Gasteiger partial charge in [0.15, 0.2) is 5.11 Å². The van der Waals surface area contributed by atoms with Gasteiger partial charge in [0, 0.05) is 32.9 Å². The van der Waals surface area contributed by atoms with E-state index in [9.17, 15) is 0 Å². The first-order chi connectivity index (χ1) is 15.5.